The SMILES string of the molecule is CCn1c(S[C@H](C)C(=O)NCCc2cccs2)nnc1-c1ccco1. The van der Waals surface area contributed by atoms with Crippen LogP contribution in [-0.2, 0) is 17.8 Å². The Labute approximate surface area is 154 Å². The van der Waals surface area contributed by atoms with E-state index in [1.54, 1.807) is 17.6 Å². The average molecular weight is 377 g/mol. The van der Waals surface area contributed by atoms with E-state index >= 15 is 0 Å². The van der Waals surface area contributed by atoms with E-state index in [2.05, 4.69) is 21.6 Å². The average Bonchev–Trinajstić information content (AvgIpc) is 3.35. The van der Waals surface area contributed by atoms with E-state index < -0.39 is 0 Å². The van der Waals surface area contributed by atoms with Gasteiger partial charge in [0, 0.05) is 18.0 Å². The van der Waals surface area contributed by atoms with Gasteiger partial charge in [-0.25, -0.2) is 0 Å². The van der Waals surface area contributed by atoms with Crippen LogP contribution >= 0.6 is 23.1 Å². The molecule has 1 atom stereocenters. The molecule has 1 N–H and O–H groups in total. The molecule has 25 heavy (non-hydrogen) atoms. The molecule has 3 aromatic heterocycles. The minimum Gasteiger partial charge on any atom is -0.461 e. The molecule has 3 rings (SSSR count). The third-order valence-electron chi connectivity index (χ3n) is 3.68. The quantitative estimate of drug-likeness (QED) is 0.610. The molecule has 0 radical (unpaired) electrons. The fraction of sp³-hybridized carbons (Fsp3) is 0.353. The lowest BCUT2D eigenvalue weighted by molar-refractivity contribution is -0.120. The zero-order valence-electron chi connectivity index (χ0n) is 14.1. The molecule has 0 saturated carbocycles. The number of furan rings is 1. The lowest BCUT2D eigenvalue weighted by atomic mass is 10.3. The molecule has 0 aliphatic rings. The van der Waals surface area contributed by atoms with Crippen LogP contribution in [-0.4, -0.2) is 32.5 Å². The van der Waals surface area contributed by atoms with Crippen LogP contribution in [0, 0.1) is 0 Å². The number of nitrogens with one attached hydrogen (secondary N) is 1. The maximum atomic E-state index is 12.3. The molecule has 0 unspecified atom stereocenters. The first-order chi connectivity index (χ1) is 12.2. The Bertz CT molecular complexity index is 797. The summed E-state index contributed by atoms with van der Waals surface area (Å²) in [6, 6.07) is 7.77. The van der Waals surface area contributed by atoms with Crippen LogP contribution in [0.15, 0.2) is 45.5 Å². The molecule has 1 amide bonds. The van der Waals surface area contributed by atoms with Gasteiger partial charge in [0.2, 0.25) is 5.91 Å². The summed E-state index contributed by atoms with van der Waals surface area (Å²) in [5.74, 6) is 1.36. The van der Waals surface area contributed by atoms with Gasteiger partial charge in [0.05, 0.1) is 11.5 Å². The number of amides is 1. The highest BCUT2D eigenvalue weighted by atomic mass is 32.2. The molecule has 0 spiro atoms. The molecule has 0 fully saturated rings. The molecule has 3 heterocycles. The Hall–Kier alpha value is -2.06. The van der Waals surface area contributed by atoms with Gasteiger partial charge in [0.1, 0.15) is 0 Å². The summed E-state index contributed by atoms with van der Waals surface area (Å²) >= 11 is 3.11. The van der Waals surface area contributed by atoms with Gasteiger partial charge >= 0.3 is 0 Å². The third kappa shape index (κ3) is 4.32. The molecule has 0 aliphatic carbocycles. The molecule has 0 saturated heterocycles. The summed E-state index contributed by atoms with van der Waals surface area (Å²) in [4.78, 5) is 13.6. The van der Waals surface area contributed by atoms with Crippen LogP contribution in [0.5, 0.6) is 0 Å². The number of hydrogen-bond acceptors (Lipinski definition) is 6. The number of thiophene rings is 1. The molecule has 6 nitrogen and oxygen atoms in total. The fourth-order valence-corrected chi connectivity index (χ4v) is 4.01. The summed E-state index contributed by atoms with van der Waals surface area (Å²) in [6.07, 6.45) is 2.47. The van der Waals surface area contributed by atoms with Gasteiger partial charge in [-0.15, -0.1) is 21.5 Å². The molecule has 0 bridgehead atoms. The fourth-order valence-electron chi connectivity index (χ4n) is 2.37. The third-order valence-corrected chi connectivity index (χ3v) is 5.69. The van der Waals surface area contributed by atoms with E-state index in [0.717, 1.165) is 11.6 Å². The van der Waals surface area contributed by atoms with Gasteiger partial charge < -0.3 is 9.73 Å². The number of aromatic nitrogens is 3. The van der Waals surface area contributed by atoms with Crippen LogP contribution in [0.1, 0.15) is 18.7 Å². The predicted octanol–water partition coefficient (Wildman–Crippen LogP) is 3.46. The van der Waals surface area contributed by atoms with Crippen LogP contribution in [0.4, 0.5) is 0 Å². The molecular formula is C17H20N4O2S2. The number of carbonyl (C=O) groups excluding carboxylic acids is 1. The highest BCUT2D eigenvalue weighted by molar-refractivity contribution is 8.00. The van der Waals surface area contributed by atoms with E-state index in [1.165, 1.54) is 16.6 Å². The van der Waals surface area contributed by atoms with Crippen LogP contribution in [0.2, 0.25) is 0 Å². The highest BCUT2D eigenvalue weighted by Gasteiger charge is 2.20. The number of nitrogens with zero attached hydrogens (tertiary/aromatic N) is 3. The maximum absolute atomic E-state index is 12.3. The summed E-state index contributed by atoms with van der Waals surface area (Å²) in [5, 5.41) is 13.9. The Morgan fingerprint density at radius 1 is 1.40 bits per heavy atom. The van der Waals surface area contributed by atoms with Gasteiger partial charge in [-0.05, 0) is 43.8 Å². The van der Waals surface area contributed by atoms with E-state index in [-0.39, 0.29) is 11.2 Å². The molecule has 0 aliphatic heterocycles. The van der Waals surface area contributed by atoms with Gasteiger partial charge in [-0.3, -0.25) is 9.36 Å². The smallest absolute Gasteiger partial charge is 0.233 e. The molecule has 8 heteroatoms. The monoisotopic (exact) mass is 376 g/mol. The molecule has 3 aromatic rings. The van der Waals surface area contributed by atoms with Gasteiger partial charge in [0.15, 0.2) is 16.7 Å². The van der Waals surface area contributed by atoms with Crippen LogP contribution < -0.4 is 5.32 Å². The van der Waals surface area contributed by atoms with Crippen molar-refractivity contribution in [1.29, 1.82) is 0 Å². The summed E-state index contributed by atoms with van der Waals surface area (Å²) in [6.45, 7) is 5.25. The largest absolute Gasteiger partial charge is 0.461 e. The topological polar surface area (TPSA) is 73.0 Å². The van der Waals surface area contributed by atoms with Crippen molar-refractivity contribution in [3.05, 3.63) is 40.8 Å². The predicted molar refractivity (Wildman–Crippen MR) is 99.7 cm³/mol. The highest BCUT2D eigenvalue weighted by Crippen LogP contribution is 2.27. The lowest BCUT2D eigenvalue weighted by Crippen LogP contribution is -2.32. The number of hydrogen-bond donors (Lipinski definition) is 1. The number of rotatable bonds is 8. The van der Waals surface area contributed by atoms with Crippen LogP contribution in [0.25, 0.3) is 11.6 Å². The number of thioether (sulfide) groups is 1. The minimum absolute atomic E-state index is 0.00626. The molecule has 132 valence electrons. The van der Waals surface area contributed by atoms with Gasteiger partial charge in [-0.2, -0.15) is 0 Å². The lowest BCUT2D eigenvalue weighted by Gasteiger charge is -2.12. The van der Waals surface area contributed by atoms with E-state index in [0.29, 0.717) is 24.7 Å². The first-order valence-electron chi connectivity index (χ1n) is 8.13. The normalized spacial score (nSPS) is 12.2. The summed E-state index contributed by atoms with van der Waals surface area (Å²) in [7, 11) is 0. The van der Waals surface area contributed by atoms with Crippen molar-refractivity contribution in [2.24, 2.45) is 0 Å². The van der Waals surface area contributed by atoms with Crippen LogP contribution in [0.3, 0.4) is 0 Å². The summed E-state index contributed by atoms with van der Waals surface area (Å²) in [5.41, 5.74) is 0. The van der Waals surface area contributed by atoms with E-state index in [9.17, 15) is 4.79 Å². The van der Waals surface area contributed by atoms with Gasteiger partial charge in [0.25, 0.3) is 0 Å². The second-order valence-electron chi connectivity index (χ2n) is 5.41. The maximum Gasteiger partial charge on any atom is 0.233 e. The molecular weight excluding hydrogens is 356 g/mol. The van der Waals surface area contributed by atoms with E-state index in [1.807, 2.05) is 42.0 Å². The second kappa shape index (κ2) is 8.35. The Balaban J connectivity index is 1.58. The minimum atomic E-state index is -0.248. The van der Waals surface area contributed by atoms with Gasteiger partial charge in [-0.1, -0.05) is 17.8 Å². The zero-order chi connectivity index (χ0) is 17.6. The van der Waals surface area contributed by atoms with Crippen molar-refractivity contribution in [2.45, 2.75) is 37.2 Å². The standard InChI is InChI=1S/C17H20N4O2S2/c1-3-21-15(14-7-4-10-23-14)19-20-17(21)25-12(2)16(22)18-9-8-13-6-5-11-24-13/h4-7,10-12H,3,8-9H2,1-2H3,(H,18,22)/t12-/m1/s1. The van der Waals surface area contributed by atoms with Crippen molar-refractivity contribution < 1.29 is 9.21 Å². The van der Waals surface area contributed by atoms with Crippen molar-refractivity contribution >= 4 is 29.0 Å². The Kier molecular flexibility index (Phi) is 5.93. The zero-order valence-corrected chi connectivity index (χ0v) is 15.8. The summed E-state index contributed by atoms with van der Waals surface area (Å²) < 4.78 is 7.36. The number of carbonyl (C=O) groups is 1. The van der Waals surface area contributed by atoms with E-state index in [4.69, 9.17) is 4.42 Å². The molecule has 0 aromatic carbocycles. The van der Waals surface area contributed by atoms with Crippen molar-refractivity contribution in [2.75, 3.05) is 6.54 Å². The Morgan fingerprint density at radius 3 is 2.96 bits per heavy atom. The first kappa shape index (κ1) is 17.8. The first-order valence-corrected chi connectivity index (χ1v) is 9.88. The van der Waals surface area contributed by atoms with Crippen molar-refractivity contribution in [1.82, 2.24) is 20.1 Å². The second-order valence-corrected chi connectivity index (χ2v) is 7.75. The Morgan fingerprint density at radius 2 is 2.28 bits per heavy atom. The van der Waals surface area contributed by atoms with Crippen molar-refractivity contribution in [3.63, 3.8) is 0 Å². The van der Waals surface area contributed by atoms with Crippen molar-refractivity contribution in [3.8, 4) is 11.6 Å².